The lowest BCUT2D eigenvalue weighted by molar-refractivity contribution is -0.130. The normalized spacial score (nSPS) is 14.7. The zero-order valence-corrected chi connectivity index (χ0v) is 23.0. The lowest BCUT2D eigenvalue weighted by Crippen LogP contribution is -2.51. The summed E-state index contributed by atoms with van der Waals surface area (Å²) in [5, 5.41) is 1.64. The van der Waals surface area contributed by atoms with Crippen LogP contribution in [0.4, 0.5) is 10.1 Å². The lowest BCUT2D eigenvalue weighted by atomic mass is 10.0. The molecular formula is C25H25Cl3FN3O4S. The molecule has 0 aromatic heterocycles. The second-order valence-electron chi connectivity index (χ2n) is 8.54. The van der Waals surface area contributed by atoms with E-state index < -0.39 is 19.7 Å². The number of piperazine rings is 1. The molecule has 7 nitrogen and oxygen atoms in total. The van der Waals surface area contributed by atoms with Gasteiger partial charge in [0.1, 0.15) is 11.6 Å². The van der Waals surface area contributed by atoms with E-state index >= 15 is 0 Å². The second-order valence-corrected chi connectivity index (χ2v) is 12.6. The highest BCUT2D eigenvalue weighted by molar-refractivity contribution is 7.89. The van der Waals surface area contributed by atoms with Gasteiger partial charge < -0.3 is 14.5 Å². The van der Waals surface area contributed by atoms with Crippen LogP contribution in [-0.4, -0.2) is 62.9 Å². The molecule has 3 aromatic carbocycles. The van der Waals surface area contributed by atoms with Crippen molar-refractivity contribution in [2.45, 2.75) is 15.1 Å². The topological polar surface area (TPSA) is 79.0 Å². The Morgan fingerprint density at radius 1 is 1.05 bits per heavy atom. The van der Waals surface area contributed by atoms with Crippen LogP contribution in [0.1, 0.15) is 5.56 Å². The number of hydrogen-bond donors (Lipinski definition) is 1. The van der Waals surface area contributed by atoms with Crippen molar-refractivity contribution in [1.82, 2.24) is 9.62 Å². The first-order valence-electron chi connectivity index (χ1n) is 11.5. The van der Waals surface area contributed by atoms with E-state index in [2.05, 4.69) is 4.72 Å². The number of fused-ring (bicyclic) bond motifs is 1. The lowest BCUT2D eigenvalue weighted by Gasteiger charge is -2.37. The summed E-state index contributed by atoms with van der Waals surface area (Å²) < 4.78 is 46.0. The number of halogens is 4. The summed E-state index contributed by atoms with van der Waals surface area (Å²) in [5.41, 5.74) is 1.42. The number of amides is 1. The van der Waals surface area contributed by atoms with Crippen molar-refractivity contribution in [3.05, 3.63) is 66.0 Å². The molecule has 198 valence electrons. The van der Waals surface area contributed by atoms with Crippen LogP contribution in [0, 0.1) is 5.82 Å². The van der Waals surface area contributed by atoms with Crippen LogP contribution >= 0.6 is 34.8 Å². The van der Waals surface area contributed by atoms with E-state index in [1.165, 1.54) is 30.2 Å². The van der Waals surface area contributed by atoms with E-state index in [4.69, 9.17) is 39.5 Å². The van der Waals surface area contributed by atoms with E-state index in [0.717, 1.165) is 16.3 Å². The number of anilines is 1. The summed E-state index contributed by atoms with van der Waals surface area (Å²) in [4.78, 5) is 15.7. The molecule has 1 aliphatic heterocycles. The number of carbonyl (C=O) groups is 1. The Hall–Kier alpha value is -2.30. The molecule has 0 atom stereocenters. The Labute approximate surface area is 230 Å². The van der Waals surface area contributed by atoms with Gasteiger partial charge in [-0.15, -0.1) is 0 Å². The second kappa shape index (κ2) is 11.2. The number of nitrogens with one attached hydrogen (secondary N) is 1. The number of hydrogen-bond acceptors (Lipinski definition) is 5. The first-order chi connectivity index (χ1) is 17.5. The van der Waals surface area contributed by atoms with E-state index in [0.29, 0.717) is 44.0 Å². The molecule has 1 heterocycles. The van der Waals surface area contributed by atoms with Gasteiger partial charge in [-0.05, 0) is 53.1 Å². The number of ether oxygens (including phenoxy) is 1. The minimum Gasteiger partial charge on any atom is -0.495 e. The van der Waals surface area contributed by atoms with Gasteiger partial charge in [0, 0.05) is 32.7 Å². The van der Waals surface area contributed by atoms with Gasteiger partial charge in [0.2, 0.25) is 10.0 Å². The molecule has 0 radical (unpaired) electrons. The molecule has 0 spiro atoms. The van der Waals surface area contributed by atoms with Crippen LogP contribution in [0.2, 0.25) is 0 Å². The molecule has 1 aliphatic rings. The fraction of sp³-hybridized carbons (Fsp3) is 0.320. The van der Waals surface area contributed by atoms with E-state index in [1.807, 2.05) is 23.1 Å². The number of carbonyl (C=O) groups excluding carboxylic acids is 1. The molecule has 0 bridgehead atoms. The van der Waals surface area contributed by atoms with Crippen molar-refractivity contribution in [3.8, 4) is 5.75 Å². The van der Waals surface area contributed by atoms with Crippen molar-refractivity contribution < 1.29 is 22.3 Å². The summed E-state index contributed by atoms with van der Waals surface area (Å²) >= 11 is 17.2. The van der Waals surface area contributed by atoms with E-state index in [9.17, 15) is 17.6 Å². The molecular weight excluding hydrogens is 564 g/mol. The van der Waals surface area contributed by atoms with E-state index in [1.54, 1.807) is 18.2 Å². The Bertz CT molecular complexity index is 1410. The smallest absolute Gasteiger partial charge is 0.274 e. The molecule has 0 saturated carbocycles. The minimum atomic E-state index is -3.84. The number of alkyl halides is 3. The van der Waals surface area contributed by atoms with E-state index in [-0.39, 0.29) is 17.3 Å². The highest BCUT2D eigenvalue weighted by atomic mass is 35.6. The average Bonchev–Trinajstić information content (AvgIpc) is 2.87. The largest absolute Gasteiger partial charge is 0.495 e. The van der Waals surface area contributed by atoms with Crippen LogP contribution < -0.4 is 14.4 Å². The number of benzene rings is 3. The quantitative estimate of drug-likeness (QED) is 0.411. The van der Waals surface area contributed by atoms with Gasteiger partial charge in [-0.3, -0.25) is 4.79 Å². The summed E-state index contributed by atoms with van der Waals surface area (Å²) in [6, 6.07) is 14.8. The predicted octanol–water partition coefficient (Wildman–Crippen LogP) is 4.53. The van der Waals surface area contributed by atoms with Crippen molar-refractivity contribution >= 4 is 67.2 Å². The van der Waals surface area contributed by atoms with Crippen molar-refractivity contribution in [2.75, 3.05) is 44.7 Å². The van der Waals surface area contributed by atoms with Crippen molar-refractivity contribution in [2.24, 2.45) is 0 Å². The van der Waals surface area contributed by atoms with Gasteiger partial charge in [0.15, 0.2) is 0 Å². The van der Waals surface area contributed by atoms with Crippen LogP contribution in [0.5, 0.6) is 5.75 Å². The van der Waals surface area contributed by atoms with Crippen LogP contribution in [0.3, 0.4) is 0 Å². The highest BCUT2D eigenvalue weighted by Crippen LogP contribution is 2.33. The first-order valence-corrected chi connectivity index (χ1v) is 14.1. The third-order valence-corrected chi connectivity index (χ3v) is 8.18. The average molecular weight is 589 g/mol. The zero-order valence-electron chi connectivity index (χ0n) is 19.9. The number of rotatable bonds is 7. The Kier molecular flexibility index (Phi) is 8.40. The maximum atomic E-state index is 13.8. The molecule has 12 heteroatoms. The number of sulfonamides is 1. The van der Waals surface area contributed by atoms with Crippen molar-refractivity contribution in [3.63, 3.8) is 0 Å². The van der Waals surface area contributed by atoms with Gasteiger partial charge >= 0.3 is 0 Å². The molecule has 1 fully saturated rings. The molecule has 0 aliphatic carbocycles. The first kappa shape index (κ1) is 27.7. The number of nitrogens with zero attached hydrogens (tertiary/aromatic N) is 2. The standard InChI is InChI=1S/C25H25Cl3FN3O4S/c1-36-23-8-7-20(16-22(23)31-11-13-32(14-12-31)24(33)25(26,27)28)37(34,35)30-10-9-18-4-2-3-17-5-6-19(29)15-21(17)18/h2-8,15-16,30H,9-14H2,1H3. The number of methoxy groups -OCH3 is 1. The predicted molar refractivity (Wildman–Crippen MR) is 145 cm³/mol. The van der Waals surface area contributed by atoms with Crippen LogP contribution in [0.25, 0.3) is 10.8 Å². The summed E-state index contributed by atoms with van der Waals surface area (Å²) in [6.07, 6.45) is 0.391. The molecule has 1 N–H and O–H groups in total. The van der Waals surface area contributed by atoms with Gasteiger partial charge in [-0.2, -0.15) is 0 Å². The summed E-state index contributed by atoms with van der Waals surface area (Å²) in [7, 11) is -2.34. The third kappa shape index (κ3) is 6.41. The Morgan fingerprint density at radius 3 is 2.46 bits per heavy atom. The fourth-order valence-corrected chi connectivity index (χ4v) is 5.75. The van der Waals surface area contributed by atoms with Gasteiger partial charge in [-0.25, -0.2) is 17.5 Å². The molecule has 4 rings (SSSR count). The Balaban J connectivity index is 1.47. The van der Waals surface area contributed by atoms with Crippen LogP contribution in [-0.2, 0) is 21.2 Å². The fourth-order valence-electron chi connectivity index (χ4n) is 4.34. The van der Waals surface area contributed by atoms with Gasteiger partial charge in [0.25, 0.3) is 9.70 Å². The molecule has 1 saturated heterocycles. The molecule has 1 amide bonds. The molecule has 37 heavy (non-hydrogen) atoms. The highest BCUT2D eigenvalue weighted by Gasteiger charge is 2.36. The van der Waals surface area contributed by atoms with Crippen molar-refractivity contribution in [1.29, 1.82) is 0 Å². The van der Waals surface area contributed by atoms with Gasteiger partial charge in [0.05, 0.1) is 17.7 Å². The third-order valence-electron chi connectivity index (χ3n) is 6.23. The maximum Gasteiger partial charge on any atom is 0.274 e. The minimum absolute atomic E-state index is 0.0760. The van der Waals surface area contributed by atoms with Gasteiger partial charge in [-0.1, -0.05) is 59.1 Å². The van der Waals surface area contributed by atoms with Crippen LogP contribution in [0.15, 0.2) is 59.5 Å². The summed E-state index contributed by atoms with van der Waals surface area (Å²) in [6.45, 7) is 1.54. The summed E-state index contributed by atoms with van der Waals surface area (Å²) in [5.74, 6) is -0.444. The molecule has 0 unspecified atom stereocenters. The Morgan fingerprint density at radius 2 is 1.78 bits per heavy atom. The monoisotopic (exact) mass is 587 g/mol. The SMILES string of the molecule is COc1ccc(S(=O)(=O)NCCc2cccc3ccc(F)cc23)cc1N1CCN(C(=O)C(Cl)(Cl)Cl)CC1. The molecule has 3 aromatic rings. The zero-order chi connectivity index (χ0) is 26.8. The maximum absolute atomic E-state index is 13.8.